The molecule has 1 heterocycles. The summed E-state index contributed by atoms with van der Waals surface area (Å²) in [6.45, 7) is 9.13. The topological polar surface area (TPSA) is 180 Å². The number of hydrogen-bond acceptors (Lipinski definition) is 10. The van der Waals surface area contributed by atoms with Crippen LogP contribution >= 0.6 is 0 Å². The molecular weight excluding hydrogens is 472 g/mol. The molecule has 15 unspecified atom stereocenters. The first-order valence-electron chi connectivity index (χ1n) is 13.1. The Bertz CT molecular complexity index is 879. The Morgan fingerprint density at radius 3 is 2.28 bits per heavy atom. The van der Waals surface area contributed by atoms with E-state index in [-0.39, 0.29) is 24.2 Å². The van der Waals surface area contributed by atoms with Crippen molar-refractivity contribution < 1.29 is 50.3 Å². The monoisotopic (exact) mass is 514 g/mol. The van der Waals surface area contributed by atoms with Crippen LogP contribution in [0.4, 0.5) is 0 Å². The van der Waals surface area contributed by atoms with Gasteiger partial charge in [0.05, 0.1) is 31.0 Å². The largest absolute Gasteiger partial charge is 0.394 e. The molecule has 0 aromatic rings. The molecule has 4 saturated carbocycles. The Morgan fingerprint density at radius 1 is 0.972 bits per heavy atom. The first-order chi connectivity index (χ1) is 16.7. The average Bonchev–Trinajstić information content (AvgIpc) is 3.01. The van der Waals surface area contributed by atoms with Crippen molar-refractivity contribution in [1.82, 2.24) is 0 Å². The van der Waals surface area contributed by atoms with E-state index in [4.69, 9.17) is 9.47 Å². The second-order valence-electron chi connectivity index (χ2n) is 12.7. The standard InChI is InChI=1S/C26H42O10/c1-10-7-25-8-15(28)26(34)16(11(2)13(25)6-5-12(10)21(25)33)18(30)22(24(26,3)4)36-23-20(32)19(31)17(29)14(9-27)35-23/h10,12-23,27-34H,2,5-9H2,1,3-4H3. The summed E-state index contributed by atoms with van der Waals surface area (Å²) in [7, 11) is 0. The Labute approximate surface area is 211 Å². The van der Waals surface area contributed by atoms with Gasteiger partial charge in [0.2, 0.25) is 0 Å². The van der Waals surface area contributed by atoms with Crippen molar-refractivity contribution in [3.8, 4) is 0 Å². The maximum absolute atomic E-state index is 12.2. The van der Waals surface area contributed by atoms with Crippen molar-refractivity contribution in [1.29, 1.82) is 0 Å². The lowest BCUT2D eigenvalue weighted by Crippen LogP contribution is -2.61. The van der Waals surface area contributed by atoms with Gasteiger partial charge in [-0.15, -0.1) is 0 Å². The van der Waals surface area contributed by atoms with E-state index in [9.17, 15) is 40.9 Å². The fourth-order valence-corrected chi connectivity index (χ4v) is 8.88. The lowest BCUT2D eigenvalue weighted by Gasteiger charge is -2.48. The molecule has 36 heavy (non-hydrogen) atoms. The van der Waals surface area contributed by atoms with Crippen molar-refractivity contribution in [2.24, 2.45) is 34.5 Å². The summed E-state index contributed by atoms with van der Waals surface area (Å²) in [5, 5.41) is 87.1. The molecule has 4 aliphatic carbocycles. The fourth-order valence-electron chi connectivity index (χ4n) is 8.88. The zero-order valence-corrected chi connectivity index (χ0v) is 21.1. The molecule has 1 spiro atoms. The van der Waals surface area contributed by atoms with Crippen LogP contribution in [0, 0.1) is 34.5 Å². The van der Waals surface area contributed by atoms with Gasteiger partial charge in [-0.3, -0.25) is 0 Å². The molecule has 1 aliphatic heterocycles. The van der Waals surface area contributed by atoms with Gasteiger partial charge in [-0.2, -0.15) is 0 Å². The Kier molecular flexibility index (Phi) is 6.49. The fraction of sp³-hybridized carbons (Fsp3) is 0.923. The highest BCUT2D eigenvalue weighted by atomic mass is 16.7. The summed E-state index contributed by atoms with van der Waals surface area (Å²) in [6.07, 6.45) is -9.58. The first-order valence-corrected chi connectivity index (χ1v) is 13.1. The number of aliphatic hydroxyl groups is 8. The van der Waals surface area contributed by atoms with E-state index in [1.807, 2.05) is 0 Å². The zero-order chi connectivity index (χ0) is 26.5. The van der Waals surface area contributed by atoms with E-state index in [0.29, 0.717) is 12.0 Å². The Balaban J connectivity index is 1.50. The number of ether oxygens (including phenoxy) is 2. The van der Waals surface area contributed by atoms with Crippen LogP contribution in [0.1, 0.15) is 46.5 Å². The van der Waals surface area contributed by atoms with Gasteiger partial charge in [-0.25, -0.2) is 0 Å². The summed E-state index contributed by atoms with van der Waals surface area (Å²) in [6, 6.07) is 0. The third-order valence-electron chi connectivity index (χ3n) is 10.8. The minimum atomic E-state index is -1.87. The third kappa shape index (κ3) is 3.27. The van der Waals surface area contributed by atoms with Crippen molar-refractivity contribution in [2.75, 3.05) is 6.61 Å². The van der Waals surface area contributed by atoms with Crippen LogP contribution in [0.25, 0.3) is 0 Å². The molecule has 0 radical (unpaired) electrons. The highest BCUT2D eigenvalue weighted by Crippen LogP contribution is 2.68. The van der Waals surface area contributed by atoms with Crippen LogP contribution in [0.5, 0.6) is 0 Å². The zero-order valence-electron chi connectivity index (χ0n) is 21.1. The van der Waals surface area contributed by atoms with Gasteiger partial charge in [0.25, 0.3) is 0 Å². The van der Waals surface area contributed by atoms with Gasteiger partial charge < -0.3 is 50.3 Å². The van der Waals surface area contributed by atoms with E-state index in [1.165, 1.54) is 0 Å². The minimum absolute atomic E-state index is 0.133. The summed E-state index contributed by atoms with van der Waals surface area (Å²) < 4.78 is 11.5. The molecule has 8 N–H and O–H groups in total. The number of fused-ring (bicyclic) bond motifs is 2. The van der Waals surface area contributed by atoms with Gasteiger partial charge in [-0.05, 0) is 43.4 Å². The average molecular weight is 515 g/mol. The Morgan fingerprint density at radius 2 is 1.64 bits per heavy atom. The number of hydrogen-bond donors (Lipinski definition) is 8. The molecule has 0 aromatic heterocycles. The smallest absolute Gasteiger partial charge is 0.187 e. The van der Waals surface area contributed by atoms with Crippen molar-refractivity contribution in [2.45, 2.75) is 107 Å². The van der Waals surface area contributed by atoms with E-state index < -0.39 is 84.1 Å². The lowest BCUT2D eigenvalue weighted by molar-refractivity contribution is -0.325. The SMILES string of the molecule is C=C1C2CCC3C(C)CC2(CC(O)C2(O)C1C(O)C(OC1OC(CO)C(O)C(O)C1O)C2(C)C)C3O. The maximum Gasteiger partial charge on any atom is 0.187 e. The van der Waals surface area contributed by atoms with Gasteiger partial charge in [0, 0.05) is 16.7 Å². The van der Waals surface area contributed by atoms with Gasteiger partial charge in [-0.1, -0.05) is 32.9 Å². The second kappa shape index (κ2) is 8.67. The highest BCUT2D eigenvalue weighted by Gasteiger charge is 2.74. The minimum Gasteiger partial charge on any atom is -0.394 e. The van der Waals surface area contributed by atoms with E-state index in [0.717, 1.165) is 12.8 Å². The van der Waals surface area contributed by atoms with Crippen LogP contribution in [0.2, 0.25) is 0 Å². The van der Waals surface area contributed by atoms with Crippen molar-refractivity contribution >= 4 is 0 Å². The summed E-state index contributed by atoms with van der Waals surface area (Å²) >= 11 is 0. The van der Waals surface area contributed by atoms with Crippen LogP contribution in [-0.2, 0) is 9.47 Å². The van der Waals surface area contributed by atoms with Crippen LogP contribution < -0.4 is 0 Å². The van der Waals surface area contributed by atoms with Crippen molar-refractivity contribution in [3.63, 3.8) is 0 Å². The Hall–Kier alpha value is -0.660. The summed E-state index contributed by atoms with van der Waals surface area (Å²) in [5.74, 6) is -0.757. The molecule has 5 rings (SSSR count). The third-order valence-corrected chi connectivity index (χ3v) is 10.8. The number of rotatable bonds is 3. The van der Waals surface area contributed by atoms with Crippen LogP contribution in [0.15, 0.2) is 12.2 Å². The normalized spacial score (nSPS) is 58.3. The van der Waals surface area contributed by atoms with Crippen molar-refractivity contribution in [3.05, 3.63) is 12.2 Å². The summed E-state index contributed by atoms with van der Waals surface area (Å²) in [4.78, 5) is 0. The predicted octanol–water partition coefficient (Wildman–Crippen LogP) is -1.35. The highest BCUT2D eigenvalue weighted by molar-refractivity contribution is 5.33. The number of aliphatic hydroxyl groups excluding tert-OH is 7. The second-order valence-corrected chi connectivity index (χ2v) is 12.7. The molecular formula is C26H42O10. The molecule has 0 amide bonds. The van der Waals surface area contributed by atoms with Gasteiger partial charge in [0.15, 0.2) is 6.29 Å². The van der Waals surface area contributed by atoms with Gasteiger partial charge >= 0.3 is 0 Å². The molecule has 10 heteroatoms. The molecule has 15 atom stereocenters. The summed E-state index contributed by atoms with van der Waals surface area (Å²) in [5.41, 5.74) is -3.18. The van der Waals surface area contributed by atoms with E-state index >= 15 is 0 Å². The molecule has 1 saturated heterocycles. The van der Waals surface area contributed by atoms with Crippen LogP contribution in [0.3, 0.4) is 0 Å². The van der Waals surface area contributed by atoms with E-state index in [1.54, 1.807) is 13.8 Å². The molecule has 10 nitrogen and oxygen atoms in total. The molecule has 5 aliphatic rings. The maximum atomic E-state index is 12.2. The van der Waals surface area contributed by atoms with E-state index in [2.05, 4.69) is 13.5 Å². The predicted molar refractivity (Wildman–Crippen MR) is 125 cm³/mol. The van der Waals surface area contributed by atoms with Gasteiger partial charge in [0.1, 0.15) is 30.0 Å². The molecule has 2 bridgehead atoms. The first kappa shape index (κ1) is 26.9. The lowest BCUT2D eigenvalue weighted by atomic mass is 9.61. The van der Waals surface area contributed by atoms with Crippen LogP contribution in [-0.4, -0.2) is 108 Å². The molecule has 5 fully saturated rings. The quantitative estimate of drug-likeness (QED) is 0.210. The molecule has 0 aromatic carbocycles. The molecule has 206 valence electrons.